The van der Waals surface area contributed by atoms with Crippen molar-refractivity contribution in [3.8, 4) is 5.75 Å². The summed E-state index contributed by atoms with van der Waals surface area (Å²) in [4.78, 5) is 11.6. The predicted octanol–water partition coefficient (Wildman–Crippen LogP) is 2.30. The van der Waals surface area contributed by atoms with Gasteiger partial charge in [0.1, 0.15) is 12.4 Å². The van der Waals surface area contributed by atoms with Crippen LogP contribution in [0.1, 0.15) is 30.1 Å². The molecule has 4 nitrogen and oxygen atoms in total. The molecule has 1 heterocycles. The van der Waals surface area contributed by atoms with E-state index in [1.165, 1.54) is 5.56 Å². The monoisotopic (exact) mass is 285 g/mol. The number of hydrogen-bond acceptors (Lipinski definition) is 3. The summed E-state index contributed by atoms with van der Waals surface area (Å²) in [7, 11) is 0. The highest BCUT2D eigenvalue weighted by molar-refractivity contribution is 5.38. The van der Waals surface area contributed by atoms with Crippen LogP contribution >= 0.6 is 0 Å². The molecule has 0 saturated carbocycles. The number of hydrogen-bond donors (Lipinski definition) is 1. The van der Waals surface area contributed by atoms with E-state index in [-0.39, 0.29) is 11.7 Å². The van der Waals surface area contributed by atoms with Crippen molar-refractivity contribution in [3.05, 3.63) is 64.1 Å². The van der Waals surface area contributed by atoms with Crippen LogP contribution in [0.3, 0.4) is 0 Å². The third-order valence-corrected chi connectivity index (χ3v) is 3.90. The van der Waals surface area contributed by atoms with Crippen LogP contribution in [0.15, 0.2) is 47.4 Å². The van der Waals surface area contributed by atoms with E-state index in [2.05, 4.69) is 0 Å². The zero-order chi connectivity index (χ0) is 14.7. The summed E-state index contributed by atoms with van der Waals surface area (Å²) in [5.41, 5.74) is 2.17. The lowest BCUT2D eigenvalue weighted by Crippen LogP contribution is -2.21. The number of aliphatic hydroxyl groups is 1. The molecule has 1 aliphatic rings. The van der Waals surface area contributed by atoms with Gasteiger partial charge in [-0.25, -0.2) is 0 Å². The van der Waals surface area contributed by atoms with E-state index in [0.717, 1.165) is 30.6 Å². The average molecular weight is 285 g/mol. The van der Waals surface area contributed by atoms with Gasteiger partial charge in [0.2, 0.25) is 0 Å². The fraction of sp³-hybridized carbons (Fsp3) is 0.353. The Kier molecular flexibility index (Phi) is 4.06. The molecule has 1 aromatic carbocycles. The first-order chi connectivity index (χ1) is 10.2. The third-order valence-electron chi connectivity index (χ3n) is 3.90. The lowest BCUT2D eigenvalue weighted by Gasteiger charge is -2.21. The first-order valence-corrected chi connectivity index (χ1v) is 7.33. The summed E-state index contributed by atoms with van der Waals surface area (Å²) in [5, 5.41) is 9.93. The number of aromatic nitrogens is 1. The first kappa shape index (κ1) is 13.9. The largest absolute Gasteiger partial charge is 0.492 e. The van der Waals surface area contributed by atoms with Gasteiger partial charge in [0.15, 0.2) is 0 Å². The molecule has 3 rings (SSSR count). The van der Waals surface area contributed by atoms with Crippen molar-refractivity contribution < 1.29 is 9.84 Å². The number of benzene rings is 1. The molecule has 1 atom stereocenters. The summed E-state index contributed by atoms with van der Waals surface area (Å²) in [5.74, 6) is 0.798. The SMILES string of the molecule is O=c1ccccn1CCOc1ccc2c(c1)CCCC2O. The van der Waals surface area contributed by atoms with Gasteiger partial charge in [0.25, 0.3) is 5.56 Å². The molecule has 1 aromatic heterocycles. The van der Waals surface area contributed by atoms with Crippen molar-refractivity contribution in [1.82, 2.24) is 4.57 Å². The summed E-state index contributed by atoms with van der Waals surface area (Å²) < 4.78 is 7.35. The van der Waals surface area contributed by atoms with Gasteiger partial charge < -0.3 is 14.4 Å². The zero-order valence-electron chi connectivity index (χ0n) is 11.9. The van der Waals surface area contributed by atoms with E-state index in [1.807, 2.05) is 24.3 Å². The summed E-state index contributed by atoms with van der Waals surface area (Å²) in [6, 6.07) is 11.0. The zero-order valence-corrected chi connectivity index (χ0v) is 11.9. The van der Waals surface area contributed by atoms with Crippen LogP contribution in [0.2, 0.25) is 0 Å². The summed E-state index contributed by atoms with van der Waals surface area (Å²) in [6.07, 6.45) is 4.25. The molecule has 0 radical (unpaired) electrons. The van der Waals surface area contributed by atoms with Crippen molar-refractivity contribution in [3.63, 3.8) is 0 Å². The van der Waals surface area contributed by atoms with E-state index in [0.29, 0.717) is 13.2 Å². The Balaban J connectivity index is 1.64. The van der Waals surface area contributed by atoms with Crippen LogP contribution in [0.4, 0.5) is 0 Å². The fourth-order valence-corrected chi connectivity index (χ4v) is 2.76. The normalized spacial score (nSPS) is 17.3. The molecule has 0 fully saturated rings. The van der Waals surface area contributed by atoms with E-state index in [9.17, 15) is 9.90 Å². The van der Waals surface area contributed by atoms with Crippen molar-refractivity contribution in [2.45, 2.75) is 31.9 Å². The maximum absolute atomic E-state index is 11.6. The molecule has 0 aliphatic heterocycles. The molecule has 1 unspecified atom stereocenters. The Morgan fingerprint density at radius 2 is 2.19 bits per heavy atom. The molecule has 110 valence electrons. The highest BCUT2D eigenvalue weighted by Crippen LogP contribution is 2.31. The van der Waals surface area contributed by atoms with Gasteiger partial charge in [0, 0.05) is 12.3 Å². The maximum Gasteiger partial charge on any atom is 0.250 e. The molecule has 0 spiro atoms. The highest BCUT2D eigenvalue weighted by Gasteiger charge is 2.17. The number of rotatable bonds is 4. The van der Waals surface area contributed by atoms with Gasteiger partial charge in [-0.05, 0) is 48.6 Å². The molecular formula is C17H19NO3. The molecule has 1 N–H and O–H groups in total. The van der Waals surface area contributed by atoms with Gasteiger partial charge in [-0.3, -0.25) is 4.79 Å². The third kappa shape index (κ3) is 3.16. The Morgan fingerprint density at radius 3 is 3.05 bits per heavy atom. The van der Waals surface area contributed by atoms with Crippen LogP contribution in [-0.2, 0) is 13.0 Å². The molecule has 21 heavy (non-hydrogen) atoms. The number of nitrogens with zero attached hydrogens (tertiary/aromatic N) is 1. The Hall–Kier alpha value is -2.07. The molecule has 0 amide bonds. The predicted molar refractivity (Wildman–Crippen MR) is 80.5 cm³/mol. The van der Waals surface area contributed by atoms with Crippen LogP contribution < -0.4 is 10.3 Å². The minimum absolute atomic E-state index is 0.0188. The van der Waals surface area contributed by atoms with Gasteiger partial charge in [-0.2, -0.15) is 0 Å². The standard InChI is InChI=1S/C17H19NO3/c19-16-5-3-4-13-12-14(7-8-15(13)16)21-11-10-18-9-2-1-6-17(18)20/h1-2,6-9,12,16,19H,3-5,10-11H2. The van der Waals surface area contributed by atoms with Crippen molar-refractivity contribution in [2.24, 2.45) is 0 Å². The molecule has 0 saturated heterocycles. The van der Waals surface area contributed by atoms with Crippen molar-refractivity contribution >= 4 is 0 Å². The van der Waals surface area contributed by atoms with Crippen LogP contribution in [0.25, 0.3) is 0 Å². The van der Waals surface area contributed by atoms with E-state index >= 15 is 0 Å². The summed E-state index contributed by atoms with van der Waals surface area (Å²) >= 11 is 0. The van der Waals surface area contributed by atoms with Crippen molar-refractivity contribution in [1.29, 1.82) is 0 Å². The summed E-state index contributed by atoms with van der Waals surface area (Å²) in [6.45, 7) is 0.977. The molecule has 1 aliphatic carbocycles. The number of fused-ring (bicyclic) bond motifs is 1. The maximum atomic E-state index is 11.6. The minimum atomic E-state index is -0.342. The van der Waals surface area contributed by atoms with E-state index in [1.54, 1.807) is 22.9 Å². The van der Waals surface area contributed by atoms with Crippen LogP contribution in [0.5, 0.6) is 5.75 Å². The molecule has 0 bridgehead atoms. The van der Waals surface area contributed by atoms with Gasteiger partial charge in [-0.1, -0.05) is 12.1 Å². The number of ether oxygens (including phenoxy) is 1. The average Bonchev–Trinajstić information content (AvgIpc) is 2.49. The lowest BCUT2D eigenvalue weighted by atomic mass is 9.89. The second kappa shape index (κ2) is 6.14. The Bertz CT molecular complexity index is 678. The highest BCUT2D eigenvalue weighted by atomic mass is 16.5. The lowest BCUT2D eigenvalue weighted by molar-refractivity contribution is 0.156. The minimum Gasteiger partial charge on any atom is -0.492 e. The van der Waals surface area contributed by atoms with Gasteiger partial charge >= 0.3 is 0 Å². The molecule has 2 aromatic rings. The second-order valence-corrected chi connectivity index (χ2v) is 5.35. The number of aliphatic hydroxyl groups excluding tert-OH is 1. The molecular weight excluding hydrogens is 266 g/mol. The van der Waals surface area contributed by atoms with Crippen LogP contribution in [0, 0.1) is 0 Å². The molecule has 4 heteroatoms. The number of aryl methyl sites for hydroxylation is 1. The fourth-order valence-electron chi connectivity index (χ4n) is 2.76. The topological polar surface area (TPSA) is 51.5 Å². The first-order valence-electron chi connectivity index (χ1n) is 7.33. The van der Waals surface area contributed by atoms with Crippen molar-refractivity contribution in [2.75, 3.05) is 6.61 Å². The van der Waals surface area contributed by atoms with Gasteiger partial charge in [0.05, 0.1) is 12.6 Å². The van der Waals surface area contributed by atoms with E-state index < -0.39 is 0 Å². The quantitative estimate of drug-likeness (QED) is 0.937. The van der Waals surface area contributed by atoms with Crippen LogP contribution in [-0.4, -0.2) is 16.3 Å². The smallest absolute Gasteiger partial charge is 0.250 e. The second-order valence-electron chi connectivity index (χ2n) is 5.35. The van der Waals surface area contributed by atoms with E-state index in [4.69, 9.17) is 4.74 Å². The number of pyridine rings is 1. The Labute approximate surface area is 123 Å². The Morgan fingerprint density at radius 1 is 1.29 bits per heavy atom. The van der Waals surface area contributed by atoms with Gasteiger partial charge in [-0.15, -0.1) is 0 Å².